The van der Waals surface area contributed by atoms with Gasteiger partial charge in [-0.05, 0) is 38.3 Å². The zero-order valence-electron chi connectivity index (χ0n) is 17.8. The van der Waals surface area contributed by atoms with E-state index in [9.17, 15) is 14.4 Å². The average Bonchev–Trinajstić information content (AvgIpc) is 2.78. The number of hydrogen-bond acceptors (Lipinski definition) is 7. The molecule has 168 valence electrons. The minimum absolute atomic E-state index is 0.131. The predicted octanol–water partition coefficient (Wildman–Crippen LogP) is 1.98. The molecule has 3 aliphatic heterocycles. The zero-order valence-corrected chi connectivity index (χ0v) is 17.8. The van der Waals surface area contributed by atoms with Gasteiger partial charge in [0.1, 0.15) is 19.0 Å². The number of aromatic nitrogens is 2. The second-order valence-electron chi connectivity index (χ2n) is 8.34. The maximum atomic E-state index is 13.1. The van der Waals surface area contributed by atoms with Crippen LogP contribution in [-0.4, -0.2) is 47.6 Å². The topological polar surface area (TPSA) is 126 Å². The van der Waals surface area contributed by atoms with Crippen molar-refractivity contribution >= 4 is 29.3 Å². The first kappa shape index (κ1) is 20.3. The average molecular weight is 439 g/mol. The fourth-order valence-corrected chi connectivity index (χ4v) is 4.48. The van der Waals surface area contributed by atoms with Gasteiger partial charge >= 0.3 is 0 Å². The highest BCUT2D eigenvalue weighted by Gasteiger charge is 2.35. The van der Waals surface area contributed by atoms with Gasteiger partial charge in [-0.25, -0.2) is 0 Å². The van der Waals surface area contributed by atoms with Crippen molar-refractivity contribution in [2.45, 2.75) is 44.6 Å². The molecule has 4 heterocycles. The Labute approximate surface area is 184 Å². The molecular formula is C22H25N5O5. The third-order valence-electron chi connectivity index (χ3n) is 6.14. The van der Waals surface area contributed by atoms with E-state index < -0.39 is 17.4 Å². The van der Waals surface area contributed by atoms with Crippen LogP contribution in [0.25, 0.3) is 0 Å². The molecule has 3 N–H and O–H groups in total. The molecule has 2 aromatic rings. The van der Waals surface area contributed by atoms with Crippen LogP contribution in [0.1, 0.15) is 44.1 Å². The summed E-state index contributed by atoms with van der Waals surface area (Å²) in [5, 5.41) is 5.46. The second-order valence-corrected chi connectivity index (χ2v) is 8.34. The lowest BCUT2D eigenvalue weighted by atomic mass is 9.92. The SMILES string of the molecule is CC1CCCCN1c1nc2c(c(=O)[nH]1)C(C(=O)Nc1ccc3c(c1)OCCO3)CC(=O)N2. The monoisotopic (exact) mass is 439 g/mol. The summed E-state index contributed by atoms with van der Waals surface area (Å²) in [7, 11) is 0. The number of H-pyrrole nitrogens is 1. The summed E-state index contributed by atoms with van der Waals surface area (Å²) in [6, 6.07) is 5.31. The van der Waals surface area contributed by atoms with Crippen molar-refractivity contribution in [2.24, 2.45) is 0 Å². The van der Waals surface area contributed by atoms with E-state index in [2.05, 4.69) is 27.5 Å². The molecule has 5 rings (SSSR count). The number of hydrogen-bond donors (Lipinski definition) is 3. The van der Waals surface area contributed by atoms with Crippen molar-refractivity contribution in [3.05, 3.63) is 34.1 Å². The number of anilines is 3. The van der Waals surface area contributed by atoms with Crippen molar-refractivity contribution in [3.63, 3.8) is 0 Å². The molecule has 1 saturated heterocycles. The molecule has 2 atom stereocenters. The van der Waals surface area contributed by atoms with Crippen LogP contribution in [0, 0.1) is 0 Å². The fourth-order valence-electron chi connectivity index (χ4n) is 4.48. The van der Waals surface area contributed by atoms with Crippen molar-refractivity contribution in [1.29, 1.82) is 0 Å². The number of aromatic amines is 1. The second kappa shape index (κ2) is 8.18. The van der Waals surface area contributed by atoms with E-state index in [-0.39, 0.29) is 29.8 Å². The largest absolute Gasteiger partial charge is 0.486 e. The fraction of sp³-hybridized carbons (Fsp3) is 0.455. The Morgan fingerprint density at radius 3 is 2.81 bits per heavy atom. The summed E-state index contributed by atoms with van der Waals surface area (Å²) in [4.78, 5) is 47.8. The molecule has 1 aromatic carbocycles. The lowest BCUT2D eigenvalue weighted by Gasteiger charge is -2.34. The van der Waals surface area contributed by atoms with Gasteiger partial charge in [-0.3, -0.25) is 19.4 Å². The third-order valence-corrected chi connectivity index (χ3v) is 6.14. The maximum absolute atomic E-state index is 13.1. The van der Waals surface area contributed by atoms with Crippen LogP contribution in [0.5, 0.6) is 11.5 Å². The standard InChI is InChI=1S/C22H25N5O5/c1-12-4-2-3-7-27(12)22-25-19-18(21(30)26-22)14(11-17(28)24-19)20(29)23-13-5-6-15-16(10-13)32-9-8-31-15/h5-6,10,12,14H,2-4,7-9,11H2,1H3,(H,23,29)(H2,24,25,26,28,30). The predicted molar refractivity (Wildman–Crippen MR) is 118 cm³/mol. The summed E-state index contributed by atoms with van der Waals surface area (Å²) >= 11 is 0. The van der Waals surface area contributed by atoms with Crippen LogP contribution in [-0.2, 0) is 9.59 Å². The van der Waals surface area contributed by atoms with Gasteiger partial charge in [0.2, 0.25) is 17.8 Å². The normalized spacial score (nSPS) is 22.0. The number of benzene rings is 1. The number of amides is 2. The molecule has 0 aliphatic carbocycles. The number of fused-ring (bicyclic) bond motifs is 2. The van der Waals surface area contributed by atoms with Crippen LogP contribution in [0.4, 0.5) is 17.5 Å². The summed E-state index contributed by atoms with van der Waals surface area (Å²) in [5.74, 6) is -0.0302. The molecule has 10 nitrogen and oxygen atoms in total. The highest BCUT2D eigenvalue weighted by atomic mass is 16.6. The molecule has 10 heteroatoms. The molecule has 1 fully saturated rings. The van der Waals surface area contributed by atoms with Crippen LogP contribution >= 0.6 is 0 Å². The Bertz CT molecular complexity index is 1130. The van der Waals surface area contributed by atoms with Gasteiger partial charge in [0.25, 0.3) is 5.56 Å². The Balaban J connectivity index is 1.43. The van der Waals surface area contributed by atoms with Crippen LogP contribution in [0.15, 0.2) is 23.0 Å². The maximum Gasteiger partial charge on any atom is 0.258 e. The van der Waals surface area contributed by atoms with E-state index >= 15 is 0 Å². The third kappa shape index (κ3) is 3.76. The van der Waals surface area contributed by atoms with E-state index in [1.54, 1.807) is 18.2 Å². The Morgan fingerprint density at radius 2 is 2.00 bits per heavy atom. The van der Waals surface area contributed by atoms with E-state index in [0.29, 0.717) is 36.3 Å². The summed E-state index contributed by atoms with van der Waals surface area (Å²) < 4.78 is 11.0. The van der Waals surface area contributed by atoms with Gasteiger partial charge in [0, 0.05) is 30.8 Å². The molecule has 2 unspecified atom stereocenters. The van der Waals surface area contributed by atoms with Gasteiger partial charge in [0.15, 0.2) is 11.5 Å². The molecule has 0 bridgehead atoms. The molecular weight excluding hydrogens is 414 g/mol. The lowest BCUT2D eigenvalue weighted by Crippen LogP contribution is -2.42. The number of nitrogens with zero attached hydrogens (tertiary/aromatic N) is 2. The molecule has 3 aliphatic rings. The van der Waals surface area contributed by atoms with E-state index in [4.69, 9.17) is 9.47 Å². The van der Waals surface area contributed by atoms with Gasteiger partial charge in [0.05, 0.1) is 11.5 Å². The number of ether oxygens (including phenoxy) is 2. The first-order valence-electron chi connectivity index (χ1n) is 10.9. The van der Waals surface area contributed by atoms with E-state index in [1.807, 2.05) is 4.90 Å². The zero-order chi connectivity index (χ0) is 22.2. The summed E-state index contributed by atoms with van der Waals surface area (Å²) in [6.45, 7) is 3.77. The molecule has 0 saturated carbocycles. The van der Waals surface area contributed by atoms with Crippen molar-refractivity contribution in [3.8, 4) is 11.5 Å². The molecule has 0 radical (unpaired) electrons. The quantitative estimate of drug-likeness (QED) is 0.668. The van der Waals surface area contributed by atoms with E-state index in [1.165, 1.54) is 0 Å². The number of carbonyl (C=O) groups excluding carboxylic acids is 2. The summed E-state index contributed by atoms with van der Waals surface area (Å²) in [6.07, 6.45) is 3.02. The van der Waals surface area contributed by atoms with Gasteiger partial charge in [-0.2, -0.15) is 4.98 Å². The Morgan fingerprint density at radius 1 is 1.19 bits per heavy atom. The minimum Gasteiger partial charge on any atom is -0.486 e. The lowest BCUT2D eigenvalue weighted by molar-refractivity contribution is -0.123. The van der Waals surface area contributed by atoms with Crippen molar-refractivity contribution in [1.82, 2.24) is 9.97 Å². The first-order valence-corrected chi connectivity index (χ1v) is 10.9. The van der Waals surface area contributed by atoms with Gasteiger partial charge in [-0.1, -0.05) is 0 Å². The van der Waals surface area contributed by atoms with Crippen molar-refractivity contribution in [2.75, 3.05) is 35.3 Å². The highest BCUT2D eigenvalue weighted by molar-refractivity contribution is 6.04. The molecule has 0 spiro atoms. The highest BCUT2D eigenvalue weighted by Crippen LogP contribution is 2.34. The number of rotatable bonds is 3. The van der Waals surface area contributed by atoms with Crippen LogP contribution in [0.3, 0.4) is 0 Å². The Kier molecular flexibility index (Phi) is 5.20. The number of piperidine rings is 1. The smallest absolute Gasteiger partial charge is 0.258 e. The number of nitrogens with one attached hydrogen (secondary N) is 3. The Hall–Kier alpha value is -3.56. The van der Waals surface area contributed by atoms with Crippen molar-refractivity contribution < 1.29 is 19.1 Å². The van der Waals surface area contributed by atoms with E-state index in [0.717, 1.165) is 25.8 Å². The van der Waals surface area contributed by atoms with Gasteiger partial charge in [-0.15, -0.1) is 0 Å². The van der Waals surface area contributed by atoms with Crippen LogP contribution in [0.2, 0.25) is 0 Å². The summed E-state index contributed by atoms with van der Waals surface area (Å²) in [5.41, 5.74) is 0.257. The molecule has 2 amide bonds. The number of carbonyl (C=O) groups is 2. The minimum atomic E-state index is -0.948. The molecule has 1 aromatic heterocycles. The first-order chi connectivity index (χ1) is 15.5. The van der Waals surface area contributed by atoms with Gasteiger partial charge < -0.3 is 25.0 Å². The molecule has 32 heavy (non-hydrogen) atoms. The van der Waals surface area contributed by atoms with Crippen LogP contribution < -0.4 is 30.6 Å².